The van der Waals surface area contributed by atoms with Crippen LogP contribution in [0.5, 0.6) is 0 Å². The molecule has 2 rings (SSSR count). The van der Waals surface area contributed by atoms with Gasteiger partial charge in [-0.25, -0.2) is 9.97 Å². The molecule has 0 saturated heterocycles. The molecule has 0 radical (unpaired) electrons. The predicted octanol–water partition coefficient (Wildman–Crippen LogP) is 2.76. The summed E-state index contributed by atoms with van der Waals surface area (Å²) in [6.45, 7) is 2.11. The standard InChI is InChI=1S/C13H15BrN4/c1-2-5-10-12(14)13(15)18-11(17-10)8-9-6-3-4-7-16-9/h3-4,6-7H,2,5,8H2,1H3,(H2,15,17,18). The molecule has 94 valence electrons. The van der Waals surface area contributed by atoms with Crippen molar-refractivity contribution in [3.05, 3.63) is 46.1 Å². The third-order valence-corrected chi connectivity index (χ3v) is 3.41. The summed E-state index contributed by atoms with van der Waals surface area (Å²) < 4.78 is 0.814. The molecule has 0 aliphatic rings. The number of pyridine rings is 1. The molecule has 0 aliphatic carbocycles. The van der Waals surface area contributed by atoms with Crippen molar-refractivity contribution in [2.75, 3.05) is 5.73 Å². The number of anilines is 1. The van der Waals surface area contributed by atoms with Crippen LogP contribution in [0.2, 0.25) is 0 Å². The molecule has 4 nitrogen and oxygen atoms in total. The van der Waals surface area contributed by atoms with Gasteiger partial charge in [0.2, 0.25) is 0 Å². The maximum absolute atomic E-state index is 5.89. The van der Waals surface area contributed by atoms with Crippen LogP contribution in [0, 0.1) is 0 Å². The molecule has 2 N–H and O–H groups in total. The molecule has 0 spiro atoms. The van der Waals surface area contributed by atoms with Crippen LogP contribution in [0.4, 0.5) is 5.82 Å². The minimum Gasteiger partial charge on any atom is -0.383 e. The highest BCUT2D eigenvalue weighted by atomic mass is 79.9. The van der Waals surface area contributed by atoms with Crippen molar-refractivity contribution < 1.29 is 0 Å². The van der Waals surface area contributed by atoms with Crippen molar-refractivity contribution in [1.82, 2.24) is 15.0 Å². The second-order valence-electron chi connectivity index (χ2n) is 4.03. The molecule has 0 amide bonds. The van der Waals surface area contributed by atoms with E-state index in [4.69, 9.17) is 5.73 Å². The van der Waals surface area contributed by atoms with E-state index in [1.807, 2.05) is 18.2 Å². The van der Waals surface area contributed by atoms with Crippen molar-refractivity contribution in [3.8, 4) is 0 Å². The Morgan fingerprint density at radius 1 is 1.28 bits per heavy atom. The summed E-state index contributed by atoms with van der Waals surface area (Å²) in [5.74, 6) is 1.22. The second-order valence-corrected chi connectivity index (χ2v) is 4.83. The van der Waals surface area contributed by atoms with Gasteiger partial charge in [-0.1, -0.05) is 19.4 Å². The summed E-state index contributed by atoms with van der Waals surface area (Å²) in [5, 5.41) is 0. The van der Waals surface area contributed by atoms with Crippen molar-refractivity contribution >= 4 is 21.7 Å². The van der Waals surface area contributed by atoms with Gasteiger partial charge in [-0.2, -0.15) is 0 Å². The molecule has 0 bridgehead atoms. The number of hydrogen-bond acceptors (Lipinski definition) is 4. The van der Waals surface area contributed by atoms with E-state index in [-0.39, 0.29) is 0 Å². The third-order valence-electron chi connectivity index (χ3n) is 2.54. The monoisotopic (exact) mass is 306 g/mol. The molecule has 18 heavy (non-hydrogen) atoms. The van der Waals surface area contributed by atoms with Crippen molar-refractivity contribution in [3.63, 3.8) is 0 Å². The topological polar surface area (TPSA) is 64.7 Å². The molecule has 0 atom stereocenters. The largest absolute Gasteiger partial charge is 0.383 e. The zero-order chi connectivity index (χ0) is 13.0. The van der Waals surface area contributed by atoms with Gasteiger partial charge in [0.25, 0.3) is 0 Å². The fourth-order valence-electron chi connectivity index (χ4n) is 1.71. The summed E-state index contributed by atoms with van der Waals surface area (Å²) in [5.41, 5.74) is 7.80. The number of aromatic nitrogens is 3. The first-order valence-corrected chi connectivity index (χ1v) is 6.70. The van der Waals surface area contributed by atoms with E-state index >= 15 is 0 Å². The molecular formula is C13H15BrN4. The Morgan fingerprint density at radius 2 is 2.11 bits per heavy atom. The van der Waals surface area contributed by atoms with Crippen LogP contribution in [0.3, 0.4) is 0 Å². The van der Waals surface area contributed by atoms with Crippen LogP contribution in [-0.2, 0) is 12.8 Å². The fourth-order valence-corrected chi connectivity index (χ4v) is 2.09. The molecule has 0 saturated carbocycles. The zero-order valence-electron chi connectivity index (χ0n) is 10.2. The number of nitrogens with zero attached hydrogens (tertiary/aromatic N) is 3. The lowest BCUT2D eigenvalue weighted by Crippen LogP contribution is -2.06. The number of halogens is 1. The van der Waals surface area contributed by atoms with Gasteiger partial charge in [-0.15, -0.1) is 0 Å². The third kappa shape index (κ3) is 3.04. The molecule has 0 fully saturated rings. The van der Waals surface area contributed by atoms with Gasteiger partial charge < -0.3 is 5.73 Å². The Morgan fingerprint density at radius 3 is 2.78 bits per heavy atom. The lowest BCUT2D eigenvalue weighted by Gasteiger charge is -2.08. The molecule has 0 aromatic carbocycles. The Kier molecular flexibility index (Phi) is 4.25. The van der Waals surface area contributed by atoms with Crippen molar-refractivity contribution in [1.29, 1.82) is 0 Å². The maximum atomic E-state index is 5.89. The molecule has 2 heterocycles. The molecular weight excluding hydrogens is 292 g/mol. The summed E-state index contributed by atoms with van der Waals surface area (Å²) in [7, 11) is 0. The highest BCUT2D eigenvalue weighted by molar-refractivity contribution is 9.10. The van der Waals surface area contributed by atoms with Gasteiger partial charge in [-0.3, -0.25) is 4.98 Å². The minimum atomic E-state index is 0.499. The summed E-state index contributed by atoms with van der Waals surface area (Å²) in [4.78, 5) is 13.1. The number of nitrogen functional groups attached to an aromatic ring is 1. The van der Waals surface area contributed by atoms with Crippen molar-refractivity contribution in [2.45, 2.75) is 26.2 Å². The number of hydrogen-bond donors (Lipinski definition) is 1. The van der Waals surface area contributed by atoms with E-state index < -0.39 is 0 Å². The Labute approximate surface area is 115 Å². The highest BCUT2D eigenvalue weighted by Crippen LogP contribution is 2.22. The van der Waals surface area contributed by atoms with Gasteiger partial charge in [-0.05, 0) is 34.5 Å². The average Bonchev–Trinajstić information content (AvgIpc) is 2.37. The van der Waals surface area contributed by atoms with Crippen LogP contribution < -0.4 is 5.73 Å². The van der Waals surface area contributed by atoms with E-state index in [0.29, 0.717) is 12.2 Å². The Bertz CT molecular complexity index is 528. The van der Waals surface area contributed by atoms with E-state index in [1.165, 1.54) is 0 Å². The van der Waals surface area contributed by atoms with Crippen LogP contribution in [0.1, 0.15) is 30.6 Å². The Balaban J connectivity index is 2.28. The molecule has 2 aromatic heterocycles. The van der Waals surface area contributed by atoms with Crippen LogP contribution in [0.15, 0.2) is 28.9 Å². The maximum Gasteiger partial charge on any atom is 0.141 e. The number of nitrogens with two attached hydrogens (primary N) is 1. The Hall–Kier alpha value is -1.49. The van der Waals surface area contributed by atoms with Gasteiger partial charge in [0, 0.05) is 11.9 Å². The van der Waals surface area contributed by atoms with E-state index in [0.717, 1.165) is 34.5 Å². The molecule has 2 aromatic rings. The van der Waals surface area contributed by atoms with E-state index in [1.54, 1.807) is 6.20 Å². The lowest BCUT2D eigenvalue weighted by atomic mass is 10.2. The normalized spacial score (nSPS) is 10.6. The SMILES string of the molecule is CCCc1nc(Cc2ccccn2)nc(N)c1Br. The fraction of sp³-hybridized carbons (Fsp3) is 0.308. The quantitative estimate of drug-likeness (QED) is 0.943. The summed E-state index contributed by atoms with van der Waals surface area (Å²) in [6, 6.07) is 5.81. The van der Waals surface area contributed by atoms with Crippen LogP contribution in [0.25, 0.3) is 0 Å². The predicted molar refractivity (Wildman–Crippen MR) is 75.2 cm³/mol. The summed E-state index contributed by atoms with van der Waals surface area (Å²) >= 11 is 3.44. The zero-order valence-corrected chi connectivity index (χ0v) is 11.8. The van der Waals surface area contributed by atoms with Gasteiger partial charge in [0.15, 0.2) is 0 Å². The summed E-state index contributed by atoms with van der Waals surface area (Å²) in [6.07, 6.45) is 4.29. The van der Waals surface area contributed by atoms with E-state index in [9.17, 15) is 0 Å². The lowest BCUT2D eigenvalue weighted by molar-refractivity contribution is 0.831. The first kappa shape index (κ1) is 13.0. The van der Waals surface area contributed by atoms with Crippen LogP contribution in [-0.4, -0.2) is 15.0 Å². The second kappa shape index (κ2) is 5.91. The molecule has 0 unspecified atom stereocenters. The smallest absolute Gasteiger partial charge is 0.141 e. The van der Waals surface area contributed by atoms with Crippen LogP contribution >= 0.6 is 15.9 Å². The van der Waals surface area contributed by atoms with Gasteiger partial charge in [0.05, 0.1) is 16.6 Å². The first-order chi connectivity index (χ1) is 8.70. The average molecular weight is 307 g/mol. The van der Waals surface area contributed by atoms with Crippen molar-refractivity contribution in [2.24, 2.45) is 0 Å². The first-order valence-electron chi connectivity index (χ1n) is 5.91. The molecule has 0 aliphatic heterocycles. The van der Waals surface area contributed by atoms with Gasteiger partial charge in [0.1, 0.15) is 11.6 Å². The minimum absolute atomic E-state index is 0.499. The highest BCUT2D eigenvalue weighted by Gasteiger charge is 2.10. The van der Waals surface area contributed by atoms with E-state index in [2.05, 4.69) is 37.8 Å². The molecule has 5 heteroatoms. The number of aryl methyl sites for hydroxylation is 1. The number of rotatable bonds is 4. The van der Waals surface area contributed by atoms with Gasteiger partial charge >= 0.3 is 0 Å².